The molecule has 0 radical (unpaired) electrons. The van der Waals surface area contributed by atoms with Crippen molar-refractivity contribution in [3.63, 3.8) is 0 Å². The molecule has 0 spiro atoms. The summed E-state index contributed by atoms with van der Waals surface area (Å²) in [5.74, 6) is -2.13. The van der Waals surface area contributed by atoms with E-state index in [0.717, 1.165) is 23.8 Å². The average molecular weight is 290 g/mol. The van der Waals surface area contributed by atoms with Gasteiger partial charge in [-0.2, -0.15) is 0 Å². The van der Waals surface area contributed by atoms with Gasteiger partial charge in [0.25, 0.3) is 0 Å². The maximum atomic E-state index is 14.0. The first-order chi connectivity index (χ1) is 9.84. The van der Waals surface area contributed by atoms with Gasteiger partial charge in [0.2, 0.25) is 5.91 Å². The van der Waals surface area contributed by atoms with Crippen molar-refractivity contribution in [2.24, 2.45) is 5.73 Å². The Labute approximate surface area is 121 Å². The molecule has 3 N–H and O–H groups in total. The second-order valence-corrected chi connectivity index (χ2v) is 5.05. The van der Waals surface area contributed by atoms with Crippen LogP contribution in [0.3, 0.4) is 0 Å². The van der Waals surface area contributed by atoms with Crippen molar-refractivity contribution in [2.45, 2.75) is 19.4 Å². The van der Waals surface area contributed by atoms with Crippen molar-refractivity contribution in [3.8, 4) is 0 Å². The fourth-order valence-corrected chi connectivity index (χ4v) is 2.12. The zero-order valence-electron chi connectivity index (χ0n) is 11.8. The molecule has 0 aliphatic rings. The summed E-state index contributed by atoms with van der Waals surface area (Å²) in [7, 11) is 0. The standard InChI is InChI=1S/C16H16F2N2O/c1-10-5-3-4-6-14(10)20-16(2,15(19)21)12-9-11(17)7-8-13(12)18/h3-9,20H,1-2H3,(H2,19,21). The Morgan fingerprint density at radius 1 is 1.19 bits per heavy atom. The molecule has 0 saturated heterocycles. The van der Waals surface area contributed by atoms with Gasteiger partial charge in [0.15, 0.2) is 0 Å². The van der Waals surface area contributed by atoms with E-state index in [4.69, 9.17) is 5.73 Å². The van der Waals surface area contributed by atoms with E-state index in [0.29, 0.717) is 5.69 Å². The minimum Gasteiger partial charge on any atom is -0.368 e. The molecule has 0 heterocycles. The Kier molecular flexibility index (Phi) is 3.93. The molecule has 0 aliphatic heterocycles. The topological polar surface area (TPSA) is 55.1 Å². The Bertz CT molecular complexity index is 688. The molecule has 2 aromatic rings. The fourth-order valence-electron chi connectivity index (χ4n) is 2.12. The van der Waals surface area contributed by atoms with Crippen LogP contribution in [0.15, 0.2) is 42.5 Å². The highest BCUT2D eigenvalue weighted by molar-refractivity contribution is 5.89. The summed E-state index contributed by atoms with van der Waals surface area (Å²) >= 11 is 0. The highest BCUT2D eigenvalue weighted by Crippen LogP contribution is 2.30. The molecular weight excluding hydrogens is 274 g/mol. The quantitative estimate of drug-likeness (QED) is 0.909. The van der Waals surface area contributed by atoms with Crippen LogP contribution in [0.5, 0.6) is 0 Å². The van der Waals surface area contributed by atoms with Gasteiger partial charge in [-0.25, -0.2) is 8.78 Å². The first kappa shape index (κ1) is 15.0. The number of nitrogens with one attached hydrogen (secondary N) is 1. The van der Waals surface area contributed by atoms with E-state index in [1.807, 2.05) is 19.1 Å². The van der Waals surface area contributed by atoms with Crippen LogP contribution in [0.2, 0.25) is 0 Å². The molecule has 0 aliphatic carbocycles. The Morgan fingerprint density at radius 2 is 1.86 bits per heavy atom. The first-order valence-corrected chi connectivity index (χ1v) is 6.44. The molecule has 1 unspecified atom stereocenters. The maximum absolute atomic E-state index is 14.0. The molecule has 3 nitrogen and oxygen atoms in total. The molecule has 21 heavy (non-hydrogen) atoms. The maximum Gasteiger partial charge on any atom is 0.247 e. The highest BCUT2D eigenvalue weighted by atomic mass is 19.1. The number of primary amides is 1. The number of nitrogens with two attached hydrogens (primary N) is 1. The second-order valence-electron chi connectivity index (χ2n) is 5.05. The average Bonchev–Trinajstić information content (AvgIpc) is 2.43. The lowest BCUT2D eigenvalue weighted by molar-refractivity contribution is -0.122. The molecule has 2 rings (SSSR count). The first-order valence-electron chi connectivity index (χ1n) is 6.44. The molecule has 0 aromatic heterocycles. The summed E-state index contributed by atoms with van der Waals surface area (Å²) in [5, 5.41) is 2.93. The third-order valence-electron chi connectivity index (χ3n) is 3.49. The third-order valence-corrected chi connectivity index (χ3v) is 3.49. The number of para-hydroxylation sites is 1. The Hall–Kier alpha value is -2.43. The van der Waals surface area contributed by atoms with Gasteiger partial charge in [0.1, 0.15) is 17.2 Å². The van der Waals surface area contributed by atoms with Crippen molar-refractivity contribution < 1.29 is 13.6 Å². The van der Waals surface area contributed by atoms with Gasteiger partial charge in [0.05, 0.1) is 0 Å². The van der Waals surface area contributed by atoms with Gasteiger partial charge in [-0.05, 0) is 43.7 Å². The van der Waals surface area contributed by atoms with Crippen LogP contribution in [0.1, 0.15) is 18.1 Å². The van der Waals surface area contributed by atoms with Crippen molar-refractivity contribution >= 4 is 11.6 Å². The minimum atomic E-state index is -1.56. The van der Waals surface area contributed by atoms with Gasteiger partial charge >= 0.3 is 0 Å². The fraction of sp³-hybridized carbons (Fsp3) is 0.188. The van der Waals surface area contributed by atoms with E-state index in [1.54, 1.807) is 12.1 Å². The van der Waals surface area contributed by atoms with Gasteiger partial charge in [-0.3, -0.25) is 4.79 Å². The molecule has 0 fully saturated rings. The number of hydrogen-bond acceptors (Lipinski definition) is 2. The van der Waals surface area contributed by atoms with Gasteiger partial charge in [-0.15, -0.1) is 0 Å². The molecule has 1 atom stereocenters. The summed E-state index contributed by atoms with van der Waals surface area (Å²) in [6.45, 7) is 3.27. The number of amides is 1. The van der Waals surface area contributed by atoms with Crippen molar-refractivity contribution in [3.05, 3.63) is 65.2 Å². The van der Waals surface area contributed by atoms with Gasteiger partial charge in [-0.1, -0.05) is 18.2 Å². The number of carbonyl (C=O) groups is 1. The lowest BCUT2D eigenvalue weighted by Gasteiger charge is -2.30. The number of benzene rings is 2. The van der Waals surface area contributed by atoms with Crippen molar-refractivity contribution in [1.29, 1.82) is 0 Å². The van der Waals surface area contributed by atoms with E-state index in [2.05, 4.69) is 5.32 Å². The number of anilines is 1. The third kappa shape index (κ3) is 2.86. The summed E-state index contributed by atoms with van der Waals surface area (Å²) < 4.78 is 27.4. The molecule has 5 heteroatoms. The van der Waals surface area contributed by atoms with Crippen LogP contribution >= 0.6 is 0 Å². The molecule has 1 amide bonds. The number of rotatable bonds is 4. The van der Waals surface area contributed by atoms with Crippen LogP contribution < -0.4 is 11.1 Å². The predicted molar refractivity (Wildman–Crippen MR) is 77.7 cm³/mol. The van der Waals surface area contributed by atoms with Crippen LogP contribution in [0.4, 0.5) is 14.5 Å². The molecule has 2 aromatic carbocycles. The summed E-state index contributed by atoms with van der Waals surface area (Å²) in [6.07, 6.45) is 0. The van der Waals surface area contributed by atoms with Gasteiger partial charge in [0, 0.05) is 11.3 Å². The summed E-state index contributed by atoms with van der Waals surface area (Å²) in [6, 6.07) is 10.1. The lowest BCUT2D eigenvalue weighted by atomic mass is 9.89. The van der Waals surface area contributed by atoms with Crippen LogP contribution in [-0.4, -0.2) is 5.91 Å². The number of carbonyl (C=O) groups excluding carboxylic acids is 1. The van der Waals surface area contributed by atoms with Crippen molar-refractivity contribution in [2.75, 3.05) is 5.32 Å². The van der Waals surface area contributed by atoms with Gasteiger partial charge < -0.3 is 11.1 Å². The number of aryl methyl sites for hydroxylation is 1. The minimum absolute atomic E-state index is 0.127. The largest absolute Gasteiger partial charge is 0.368 e. The molecule has 0 bridgehead atoms. The zero-order chi connectivity index (χ0) is 15.6. The predicted octanol–water partition coefficient (Wildman–Crippen LogP) is 3.09. The summed E-state index contributed by atoms with van der Waals surface area (Å²) in [4.78, 5) is 11.9. The summed E-state index contributed by atoms with van der Waals surface area (Å²) in [5.41, 5.74) is 5.24. The Morgan fingerprint density at radius 3 is 2.48 bits per heavy atom. The number of halogens is 2. The zero-order valence-corrected chi connectivity index (χ0v) is 11.8. The lowest BCUT2D eigenvalue weighted by Crippen LogP contribution is -2.46. The van der Waals surface area contributed by atoms with E-state index in [-0.39, 0.29) is 5.56 Å². The van der Waals surface area contributed by atoms with Crippen LogP contribution in [0.25, 0.3) is 0 Å². The van der Waals surface area contributed by atoms with Crippen LogP contribution in [0, 0.1) is 18.6 Å². The Balaban J connectivity index is 2.53. The normalized spacial score (nSPS) is 13.5. The van der Waals surface area contributed by atoms with E-state index in [1.165, 1.54) is 6.92 Å². The molecule has 0 saturated carbocycles. The van der Waals surface area contributed by atoms with E-state index in [9.17, 15) is 13.6 Å². The monoisotopic (exact) mass is 290 g/mol. The van der Waals surface area contributed by atoms with E-state index < -0.39 is 23.1 Å². The molecule has 110 valence electrons. The smallest absolute Gasteiger partial charge is 0.247 e. The second kappa shape index (κ2) is 5.52. The number of hydrogen-bond donors (Lipinski definition) is 2. The highest BCUT2D eigenvalue weighted by Gasteiger charge is 2.36. The van der Waals surface area contributed by atoms with Crippen molar-refractivity contribution in [1.82, 2.24) is 0 Å². The molecular formula is C16H16F2N2O. The van der Waals surface area contributed by atoms with E-state index >= 15 is 0 Å². The van der Waals surface area contributed by atoms with Crippen LogP contribution in [-0.2, 0) is 10.3 Å². The SMILES string of the molecule is Cc1ccccc1NC(C)(C(N)=O)c1cc(F)ccc1F.